The van der Waals surface area contributed by atoms with Crippen molar-refractivity contribution in [2.45, 2.75) is 13.1 Å². The van der Waals surface area contributed by atoms with E-state index in [2.05, 4.69) is 21.2 Å². The molecule has 0 spiro atoms. The van der Waals surface area contributed by atoms with Gasteiger partial charge in [0.15, 0.2) is 11.5 Å². The minimum atomic E-state index is -0.574. The number of ether oxygens (including phenoxy) is 2. The second kappa shape index (κ2) is 5.99. The van der Waals surface area contributed by atoms with E-state index in [0.717, 1.165) is 16.1 Å². The van der Waals surface area contributed by atoms with E-state index in [4.69, 9.17) is 9.47 Å². The summed E-state index contributed by atoms with van der Waals surface area (Å²) in [6.07, 6.45) is 0. The highest BCUT2D eigenvalue weighted by molar-refractivity contribution is 9.10. The van der Waals surface area contributed by atoms with Crippen LogP contribution in [0.3, 0.4) is 0 Å². The molecular formula is C15H12BrF2NO2. The Bertz CT molecular complexity index is 679. The van der Waals surface area contributed by atoms with E-state index < -0.39 is 11.6 Å². The van der Waals surface area contributed by atoms with Gasteiger partial charge in [-0.3, -0.25) is 0 Å². The standard InChI is InChI=1S/C15H12BrF2NO2/c16-12-5-15-14(20-8-21-15)3-10(12)7-19-6-9-1-2-11(17)4-13(9)18/h1-5,19H,6-8H2. The van der Waals surface area contributed by atoms with Gasteiger partial charge in [-0.2, -0.15) is 0 Å². The van der Waals surface area contributed by atoms with E-state index in [0.29, 0.717) is 30.2 Å². The number of halogens is 3. The number of rotatable bonds is 4. The van der Waals surface area contributed by atoms with Gasteiger partial charge in [0.25, 0.3) is 0 Å². The van der Waals surface area contributed by atoms with Crippen LogP contribution in [0.5, 0.6) is 11.5 Å². The van der Waals surface area contributed by atoms with Gasteiger partial charge in [-0.15, -0.1) is 0 Å². The maximum absolute atomic E-state index is 13.5. The van der Waals surface area contributed by atoms with Crippen LogP contribution in [-0.2, 0) is 13.1 Å². The Hall–Kier alpha value is -1.66. The first-order chi connectivity index (χ1) is 10.1. The van der Waals surface area contributed by atoms with Crippen molar-refractivity contribution in [3.63, 3.8) is 0 Å². The second-order valence-electron chi connectivity index (χ2n) is 4.64. The number of nitrogens with one attached hydrogen (secondary N) is 1. The summed E-state index contributed by atoms with van der Waals surface area (Å²) >= 11 is 3.46. The van der Waals surface area contributed by atoms with Gasteiger partial charge in [0.2, 0.25) is 6.79 Å². The Balaban J connectivity index is 1.65. The first-order valence-corrected chi connectivity index (χ1v) is 7.15. The summed E-state index contributed by atoms with van der Waals surface area (Å²) < 4.78 is 37.8. The number of benzene rings is 2. The van der Waals surface area contributed by atoms with Gasteiger partial charge in [-0.1, -0.05) is 22.0 Å². The fraction of sp³-hybridized carbons (Fsp3) is 0.200. The monoisotopic (exact) mass is 355 g/mol. The van der Waals surface area contributed by atoms with Crippen molar-refractivity contribution in [3.8, 4) is 11.5 Å². The van der Waals surface area contributed by atoms with Crippen molar-refractivity contribution >= 4 is 15.9 Å². The van der Waals surface area contributed by atoms with Gasteiger partial charge in [0.1, 0.15) is 11.6 Å². The fourth-order valence-corrected chi connectivity index (χ4v) is 2.55. The van der Waals surface area contributed by atoms with E-state index >= 15 is 0 Å². The molecule has 0 aromatic heterocycles. The molecule has 21 heavy (non-hydrogen) atoms. The average molecular weight is 356 g/mol. The van der Waals surface area contributed by atoms with Gasteiger partial charge in [0, 0.05) is 29.2 Å². The highest BCUT2D eigenvalue weighted by Crippen LogP contribution is 2.36. The summed E-state index contributed by atoms with van der Waals surface area (Å²) in [6, 6.07) is 7.29. The van der Waals surface area contributed by atoms with Crippen molar-refractivity contribution in [1.82, 2.24) is 5.32 Å². The molecule has 0 atom stereocenters. The maximum Gasteiger partial charge on any atom is 0.231 e. The van der Waals surface area contributed by atoms with Crippen LogP contribution in [0.1, 0.15) is 11.1 Å². The first kappa shape index (κ1) is 14.3. The van der Waals surface area contributed by atoms with Crippen molar-refractivity contribution in [3.05, 3.63) is 57.6 Å². The van der Waals surface area contributed by atoms with Crippen molar-refractivity contribution in [2.24, 2.45) is 0 Å². The SMILES string of the molecule is Fc1ccc(CNCc2cc3c(cc2Br)OCO3)c(F)c1. The van der Waals surface area contributed by atoms with Crippen LogP contribution < -0.4 is 14.8 Å². The van der Waals surface area contributed by atoms with Crippen molar-refractivity contribution in [2.75, 3.05) is 6.79 Å². The molecule has 0 amide bonds. The highest BCUT2D eigenvalue weighted by Gasteiger charge is 2.16. The number of fused-ring (bicyclic) bond motifs is 1. The molecule has 2 aromatic rings. The van der Waals surface area contributed by atoms with Gasteiger partial charge >= 0.3 is 0 Å². The van der Waals surface area contributed by atoms with Crippen LogP contribution in [0.15, 0.2) is 34.8 Å². The minimum Gasteiger partial charge on any atom is -0.454 e. The van der Waals surface area contributed by atoms with E-state index in [9.17, 15) is 8.78 Å². The topological polar surface area (TPSA) is 30.5 Å². The van der Waals surface area contributed by atoms with Crippen LogP contribution in [0, 0.1) is 11.6 Å². The molecule has 1 aliphatic rings. The molecule has 0 aliphatic carbocycles. The Morgan fingerprint density at radius 3 is 2.48 bits per heavy atom. The van der Waals surface area contributed by atoms with Crippen LogP contribution in [-0.4, -0.2) is 6.79 Å². The third-order valence-corrected chi connectivity index (χ3v) is 3.93. The van der Waals surface area contributed by atoms with Crippen molar-refractivity contribution < 1.29 is 18.3 Å². The molecule has 0 fully saturated rings. The molecule has 3 rings (SSSR count). The van der Waals surface area contributed by atoms with E-state index in [-0.39, 0.29) is 6.79 Å². The Morgan fingerprint density at radius 2 is 1.71 bits per heavy atom. The molecule has 0 saturated carbocycles. The highest BCUT2D eigenvalue weighted by atomic mass is 79.9. The third-order valence-electron chi connectivity index (χ3n) is 3.19. The van der Waals surface area contributed by atoms with Crippen LogP contribution in [0.4, 0.5) is 8.78 Å². The molecule has 1 aliphatic heterocycles. The van der Waals surface area contributed by atoms with Gasteiger partial charge in [0.05, 0.1) is 0 Å². The summed E-state index contributed by atoms with van der Waals surface area (Å²) in [5.74, 6) is 0.278. The quantitative estimate of drug-likeness (QED) is 0.905. The molecule has 2 aromatic carbocycles. The van der Waals surface area contributed by atoms with Crippen LogP contribution >= 0.6 is 15.9 Å². The average Bonchev–Trinajstić information content (AvgIpc) is 2.88. The molecule has 0 bridgehead atoms. The zero-order valence-corrected chi connectivity index (χ0v) is 12.5. The first-order valence-electron chi connectivity index (χ1n) is 6.36. The van der Waals surface area contributed by atoms with Gasteiger partial charge < -0.3 is 14.8 Å². The fourth-order valence-electron chi connectivity index (χ4n) is 2.09. The predicted molar refractivity (Wildman–Crippen MR) is 77.2 cm³/mol. The minimum absolute atomic E-state index is 0.222. The largest absolute Gasteiger partial charge is 0.454 e. The van der Waals surface area contributed by atoms with E-state index in [1.807, 2.05) is 12.1 Å². The summed E-state index contributed by atoms with van der Waals surface area (Å²) in [5.41, 5.74) is 1.40. The summed E-state index contributed by atoms with van der Waals surface area (Å²) in [7, 11) is 0. The molecule has 0 unspecified atom stereocenters. The molecule has 6 heteroatoms. The van der Waals surface area contributed by atoms with Gasteiger partial charge in [-0.05, 0) is 23.8 Å². The normalized spacial score (nSPS) is 12.7. The Morgan fingerprint density at radius 1 is 1.00 bits per heavy atom. The summed E-state index contributed by atoms with van der Waals surface area (Å²) in [5, 5.41) is 3.12. The van der Waals surface area contributed by atoms with E-state index in [1.165, 1.54) is 12.1 Å². The lowest BCUT2D eigenvalue weighted by atomic mass is 10.1. The Kier molecular flexibility index (Phi) is 4.07. The molecule has 110 valence electrons. The molecule has 3 nitrogen and oxygen atoms in total. The lowest BCUT2D eigenvalue weighted by molar-refractivity contribution is 0.174. The lowest BCUT2D eigenvalue weighted by Gasteiger charge is -2.09. The maximum atomic E-state index is 13.5. The predicted octanol–water partition coefficient (Wildman–Crippen LogP) is 3.75. The molecule has 0 saturated heterocycles. The molecule has 1 N–H and O–H groups in total. The molecular weight excluding hydrogens is 344 g/mol. The smallest absolute Gasteiger partial charge is 0.231 e. The van der Waals surface area contributed by atoms with Crippen LogP contribution in [0.25, 0.3) is 0 Å². The third kappa shape index (κ3) is 3.16. The number of hydrogen-bond donors (Lipinski definition) is 1. The van der Waals surface area contributed by atoms with E-state index in [1.54, 1.807) is 0 Å². The van der Waals surface area contributed by atoms with Gasteiger partial charge in [-0.25, -0.2) is 8.78 Å². The lowest BCUT2D eigenvalue weighted by Crippen LogP contribution is -2.14. The zero-order chi connectivity index (χ0) is 14.8. The summed E-state index contributed by atoms with van der Waals surface area (Å²) in [6.45, 7) is 1.06. The zero-order valence-electron chi connectivity index (χ0n) is 11.0. The molecule has 1 heterocycles. The van der Waals surface area contributed by atoms with Crippen LogP contribution in [0.2, 0.25) is 0 Å². The second-order valence-corrected chi connectivity index (χ2v) is 5.49. The van der Waals surface area contributed by atoms with Crippen molar-refractivity contribution in [1.29, 1.82) is 0 Å². The summed E-state index contributed by atoms with van der Waals surface area (Å²) in [4.78, 5) is 0. The number of hydrogen-bond acceptors (Lipinski definition) is 3. The Labute approximate surface area is 129 Å². The molecule has 0 radical (unpaired) electrons.